The number of aromatic nitrogens is 4. The Kier molecular flexibility index (Phi) is 3.87. The van der Waals surface area contributed by atoms with Crippen LogP contribution in [0.25, 0.3) is 45.3 Å². The largest absolute Gasteiger partial charge is 0.496 e. The summed E-state index contributed by atoms with van der Waals surface area (Å²) in [5.41, 5.74) is 4.36. The van der Waals surface area contributed by atoms with Gasteiger partial charge in [0.25, 0.3) is 5.89 Å². The Bertz CT molecular complexity index is 1240. The van der Waals surface area contributed by atoms with Gasteiger partial charge in [-0.25, -0.2) is 4.98 Å². The molecule has 0 amide bonds. The van der Waals surface area contributed by atoms with Gasteiger partial charge >= 0.3 is 0 Å². The number of nitrogens with zero attached hydrogens (tertiary/aromatic N) is 3. The molecule has 6 heteroatoms. The molecule has 6 nitrogen and oxygen atoms in total. The average Bonchev–Trinajstić information content (AvgIpc) is 3.41. The molecule has 1 N–H and O–H groups in total. The van der Waals surface area contributed by atoms with Crippen molar-refractivity contribution >= 4 is 11.0 Å². The average molecular weight is 368 g/mol. The molecule has 136 valence electrons. The SMILES string of the molecule is COc1ccccc1-c1nnc(-c2ccccc2-c2nc3ccccc3[nH]2)o1. The van der Waals surface area contributed by atoms with Crippen molar-refractivity contribution < 1.29 is 9.15 Å². The zero-order valence-electron chi connectivity index (χ0n) is 15.1. The van der Waals surface area contributed by atoms with Gasteiger partial charge in [0.1, 0.15) is 11.6 Å². The van der Waals surface area contributed by atoms with E-state index in [2.05, 4.69) is 15.2 Å². The van der Waals surface area contributed by atoms with Gasteiger partial charge in [0, 0.05) is 11.1 Å². The zero-order valence-corrected chi connectivity index (χ0v) is 15.1. The van der Waals surface area contributed by atoms with Crippen molar-refractivity contribution in [2.45, 2.75) is 0 Å². The molecular weight excluding hydrogens is 352 g/mol. The van der Waals surface area contributed by atoms with E-state index in [0.29, 0.717) is 17.5 Å². The smallest absolute Gasteiger partial charge is 0.251 e. The molecule has 0 saturated carbocycles. The predicted molar refractivity (Wildman–Crippen MR) is 107 cm³/mol. The lowest BCUT2D eigenvalue weighted by Crippen LogP contribution is -1.87. The summed E-state index contributed by atoms with van der Waals surface area (Å²) in [6.45, 7) is 0. The highest BCUT2D eigenvalue weighted by Crippen LogP contribution is 2.34. The van der Waals surface area contributed by atoms with Crippen LogP contribution in [-0.2, 0) is 0 Å². The minimum Gasteiger partial charge on any atom is -0.496 e. The molecule has 0 bridgehead atoms. The number of methoxy groups -OCH3 is 1. The van der Waals surface area contributed by atoms with Crippen LogP contribution in [0.2, 0.25) is 0 Å². The summed E-state index contributed by atoms with van der Waals surface area (Å²) >= 11 is 0. The van der Waals surface area contributed by atoms with E-state index in [1.165, 1.54) is 0 Å². The van der Waals surface area contributed by atoms with Crippen molar-refractivity contribution in [3.05, 3.63) is 72.8 Å². The minimum absolute atomic E-state index is 0.409. The van der Waals surface area contributed by atoms with Crippen molar-refractivity contribution in [1.29, 1.82) is 0 Å². The van der Waals surface area contributed by atoms with Gasteiger partial charge in [-0.3, -0.25) is 0 Å². The van der Waals surface area contributed by atoms with Crippen molar-refractivity contribution in [2.75, 3.05) is 7.11 Å². The third-order valence-corrected chi connectivity index (χ3v) is 4.56. The van der Waals surface area contributed by atoms with Crippen molar-refractivity contribution in [3.63, 3.8) is 0 Å². The van der Waals surface area contributed by atoms with E-state index in [4.69, 9.17) is 14.1 Å². The fourth-order valence-corrected chi connectivity index (χ4v) is 3.22. The summed E-state index contributed by atoms with van der Waals surface area (Å²) in [4.78, 5) is 8.05. The lowest BCUT2D eigenvalue weighted by Gasteiger charge is -2.04. The minimum atomic E-state index is 0.409. The van der Waals surface area contributed by atoms with Gasteiger partial charge in [-0.05, 0) is 30.3 Å². The van der Waals surface area contributed by atoms with Crippen LogP contribution in [0.4, 0.5) is 0 Å². The first-order valence-corrected chi connectivity index (χ1v) is 8.85. The molecule has 2 aromatic heterocycles. The third-order valence-electron chi connectivity index (χ3n) is 4.56. The number of H-pyrrole nitrogens is 1. The summed E-state index contributed by atoms with van der Waals surface area (Å²) in [7, 11) is 1.62. The number of hydrogen-bond acceptors (Lipinski definition) is 5. The lowest BCUT2D eigenvalue weighted by atomic mass is 10.1. The van der Waals surface area contributed by atoms with E-state index in [9.17, 15) is 0 Å². The first-order valence-electron chi connectivity index (χ1n) is 8.85. The Balaban J connectivity index is 1.61. The molecular formula is C22H16N4O2. The maximum atomic E-state index is 5.99. The normalized spacial score (nSPS) is 11.0. The standard InChI is InChI=1S/C22H16N4O2/c1-27-19-13-7-4-10-16(19)22-26-25-21(28-22)15-9-3-2-8-14(15)20-23-17-11-5-6-12-18(17)24-20/h2-13H,1H3,(H,23,24). The number of para-hydroxylation sites is 3. The van der Waals surface area contributed by atoms with E-state index < -0.39 is 0 Å². The van der Waals surface area contributed by atoms with Crippen LogP contribution >= 0.6 is 0 Å². The molecule has 0 saturated heterocycles. The summed E-state index contributed by atoms with van der Waals surface area (Å²) < 4.78 is 11.4. The molecule has 0 aliphatic rings. The van der Waals surface area contributed by atoms with Gasteiger partial charge in [-0.2, -0.15) is 0 Å². The van der Waals surface area contributed by atoms with E-state index in [-0.39, 0.29) is 0 Å². The number of benzene rings is 3. The van der Waals surface area contributed by atoms with Crippen LogP contribution in [0.1, 0.15) is 0 Å². The number of rotatable bonds is 4. The van der Waals surface area contributed by atoms with Gasteiger partial charge < -0.3 is 14.1 Å². The number of ether oxygens (including phenoxy) is 1. The molecule has 3 aromatic carbocycles. The molecule has 0 spiro atoms. The highest BCUT2D eigenvalue weighted by atomic mass is 16.5. The van der Waals surface area contributed by atoms with Crippen LogP contribution in [0.15, 0.2) is 77.2 Å². The fraction of sp³-hybridized carbons (Fsp3) is 0.0455. The third kappa shape index (κ3) is 2.72. The number of nitrogens with one attached hydrogen (secondary N) is 1. The van der Waals surface area contributed by atoms with Gasteiger partial charge in [-0.1, -0.05) is 42.5 Å². The van der Waals surface area contributed by atoms with Gasteiger partial charge in [0.15, 0.2) is 0 Å². The molecule has 0 radical (unpaired) electrons. The summed E-state index contributed by atoms with van der Waals surface area (Å²) in [5.74, 6) is 2.28. The van der Waals surface area contributed by atoms with Crippen molar-refractivity contribution in [1.82, 2.24) is 20.2 Å². The number of imidazole rings is 1. The number of hydrogen-bond donors (Lipinski definition) is 1. The Labute approximate surface area is 160 Å². The second-order valence-corrected chi connectivity index (χ2v) is 6.26. The van der Waals surface area contributed by atoms with Crippen LogP contribution in [-0.4, -0.2) is 27.3 Å². The topological polar surface area (TPSA) is 76.8 Å². The van der Waals surface area contributed by atoms with E-state index in [1.54, 1.807) is 7.11 Å². The first-order chi connectivity index (χ1) is 13.8. The quantitative estimate of drug-likeness (QED) is 0.485. The van der Waals surface area contributed by atoms with Gasteiger partial charge in [0.2, 0.25) is 5.89 Å². The Morgan fingerprint density at radius 3 is 2.18 bits per heavy atom. The highest BCUT2D eigenvalue weighted by molar-refractivity contribution is 5.84. The van der Waals surface area contributed by atoms with Gasteiger partial charge in [0.05, 0.1) is 23.7 Å². The Morgan fingerprint density at radius 1 is 0.750 bits per heavy atom. The molecule has 5 rings (SSSR count). The molecule has 0 aliphatic carbocycles. The van der Waals surface area contributed by atoms with E-state index in [0.717, 1.165) is 33.5 Å². The molecule has 0 fully saturated rings. The lowest BCUT2D eigenvalue weighted by molar-refractivity contribution is 0.414. The van der Waals surface area contributed by atoms with Crippen LogP contribution in [0.5, 0.6) is 5.75 Å². The van der Waals surface area contributed by atoms with Crippen molar-refractivity contribution in [2.24, 2.45) is 0 Å². The number of fused-ring (bicyclic) bond motifs is 1. The Hall–Kier alpha value is -3.93. The monoisotopic (exact) mass is 368 g/mol. The summed E-state index contributed by atoms with van der Waals surface area (Å²) in [6, 6.07) is 23.3. The zero-order chi connectivity index (χ0) is 18.9. The maximum Gasteiger partial charge on any atom is 0.251 e. The second-order valence-electron chi connectivity index (χ2n) is 6.26. The van der Waals surface area contributed by atoms with Crippen LogP contribution < -0.4 is 4.74 Å². The molecule has 28 heavy (non-hydrogen) atoms. The van der Waals surface area contributed by atoms with Crippen molar-refractivity contribution in [3.8, 4) is 40.0 Å². The highest BCUT2D eigenvalue weighted by Gasteiger charge is 2.18. The summed E-state index contributed by atoms with van der Waals surface area (Å²) in [6.07, 6.45) is 0. The van der Waals surface area contributed by atoms with Gasteiger partial charge in [-0.15, -0.1) is 10.2 Å². The fourth-order valence-electron chi connectivity index (χ4n) is 3.22. The molecule has 2 heterocycles. The predicted octanol–water partition coefficient (Wildman–Crippen LogP) is 4.96. The van der Waals surface area contributed by atoms with E-state index >= 15 is 0 Å². The van der Waals surface area contributed by atoms with Crippen LogP contribution in [0.3, 0.4) is 0 Å². The molecule has 0 unspecified atom stereocenters. The number of aromatic amines is 1. The maximum absolute atomic E-state index is 5.99. The molecule has 5 aromatic rings. The Morgan fingerprint density at radius 2 is 1.39 bits per heavy atom. The molecule has 0 aliphatic heterocycles. The van der Waals surface area contributed by atoms with Crippen LogP contribution in [0, 0.1) is 0 Å². The first kappa shape index (κ1) is 16.3. The summed E-state index contributed by atoms with van der Waals surface area (Å²) in [5, 5.41) is 8.49. The molecule has 0 atom stereocenters. The second kappa shape index (κ2) is 6.66. The van der Waals surface area contributed by atoms with E-state index in [1.807, 2.05) is 72.8 Å².